The molecule has 138 valence electrons. The molecule has 1 heterocycles. The number of aromatic hydroxyl groups is 1. The maximum atomic E-state index is 12.1. The van der Waals surface area contributed by atoms with Gasteiger partial charge in [-0.05, 0) is 17.7 Å². The molecular weight excluding hydrogens is 342 g/mol. The van der Waals surface area contributed by atoms with Gasteiger partial charge in [-0.2, -0.15) is 0 Å². The smallest absolute Gasteiger partial charge is 0.328 e. The summed E-state index contributed by atoms with van der Waals surface area (Å²) in [5, 5.41) is 11.9. The number of esters is 1. The molecule has 0 aliphatic heterocycles. The Hall–Kier alpha value is -3.36. The molecular formula is C17H19N3O6. The van der Waals surface area contributed by atoms with Crippen molar-refractivity contribution in [2.24, 2.45) is 0 Å². The Morgan fingerprint density at radius 1 is 1.23 bits per heavy atom. The number of H-pyrrole nitrogens is 1. The fourth-order valence-electron chi connectivity index (χ4n) is 2.31. The van der Waals surface area contributed by atoms with Gasteiger partial charge in [0.05, 0.1) is 7.11 Å². The quantitative estimate of drug-likeness (QED) is 0.572. The van der Waals surface area contributed by atoms with E-state index in [4.69, 9.17) is 4.74 Å². The van der Waals surface area contributed by atoms with Crippen LogP contribution in [0.2, 0.25) is 0 Å². The Bertz CT molecular complexity index is 884. The van der Waals surface area contributed by atoms with Gasteiger partial charge in [-0.1, -0.05) is 12.1 Å². The van der Waals surface area contributed by atoms with Crippen LogP contribution in [0.25, 0.3) is 0 Å². The van der Waals surface area contributed by atoms with E-state index >= 15 is 0 Å². The Kier molecular flexibility index (Phi) is 6.31. The molecule has 3 N–H and O–H groups in total. The zero-order valence-corrected chi connectivity index (χ0v) is 14.1. The number of amides is 1. The van der Waals surface area contributed by atoms with Gasteiger partial charge >= 0.3 is 11.7 Å². The molecule has 0 spiro atoms. The fourth-order valence-corrected chi connectivity index (χ4v) is 2.31. The summed E-state index contributed by atoms with van der Waals surface area (Å²) in [5.41, 5.74) is -0.399. The minimum atomic E-state index is -0.899. The molecule has 2 rings (SSSR count). The van der Waals surface area contributed by atoms with E-state index < -0.39 is 29.2 Å². The van der Waals surface area contributed by atoms with Gasteiger partial charge in [0.25, 0.3) is 5.56 Å². The fraction of sp³-hybridized carbons (Fsp3) is 0.294. The van der Waals surface area contributed by atoms with Gasteiger partial charge in [0, 0.05) is 31.6 Å². The van der Waals surface area contributed by atoms with Crippen molar-refractivity contribution in [2.75, 3.05) is 7.11 Å². The number of rotatable bonds is 7. The SMILES string of the molecule is COC(=O)C(Cc1ccc(O)cc1)NC(=O)CCn1ccc(=O)[nH]c1=O. The monoisotopic (exact) mass is 361 g/mol. The minimum absolute atomic E-state index is 0.0501. The first-order valence-electron chi connectivity index (χ1n) is 7.84. The summed E-state index contributed by atoms with van der Waals surface area (Å²) in [6.45, 7) is 0.0501. The second-order valence-corrected chi connectivity index (χ2v) is 5.57. The number of phenols is 1. The zero-order chi connectivity index (χ0) is 19.1. The molecule has 26 heavy (non-hydrogen) atoms. The van der Waals surface area contributed by atoms with Crippen molar-refractivity contribution in [3.05, 3.63) is 62.9 Å². The van der Waals surface area contributed by atoms with Gasteiger partial charge in [-0.15, -0.1) is 0 Å². The Morgan fingerprint density at radius 2 is 1.92 bits per heavy atom. The van der Waals surface area contributed by atoms with Gasteiger partial charge < -0.3 is 19.7 Å². The normalized spacial score (nSPS) is 11.6. The molecule has 1 atom stereocenters. The third-order valence-corrected chi connectivity index (χ3v) is 3.67. The lowest BCUT2D eigenvalue weighted by Crippen LogP contribution is -2.43. The molecule has 0 aliphatic carbocycles. The number of ether oxygens (including phenoxy) is 1. The van der Waals surface area contributed by atoms with E-state index in [-0.39, 0.29) is 25.1 Å². The molecule has 0 fully saturated rings. The van der Waals surface area contributed by atoms with Crippen molar-refractivity contribution in [1.82, 2.24) is 14.9 Å². The standard InChI is InChI=1S/C17H19N3O6/c1-26-16(24)13(10-11-2-4-12(21)5-3-11)18-14(22)6-8-20-9-7-15(23)19-17(20)25/h2-5,7,9,13,21H,6,8,10H2,1H3,(H,18,22)(H,19,23,25). The number of hydrogen-bond acceptors (Lipinski definition) is 6. The van der Waals surface area contributed by atoms with Crippen LogP contribution in [0.5, 0.6) is 5.75 Å². The summed E-state index contributed by atoms with van der Waals surface area (Å²) in [6.07, 6.45) is 1.43. The van der Waals surface area contributed by atoms with Crippen LogP contribution in [0.3, 0.4) is 0 Å². The van der Waals surface area contributed by atoms with Crippen molar-refractivity contribution < 1.29 is 19.4 Å². The highest BCUT2D eigenvalue weighted by Gasteiger charge is 2.22. The van der Waals surface area contributed by atoms with E-state index in [1.54, 1.807) is 12.1 Å². The summed E-state index contributed by atoms with van der Waals surface area (Å²) < 4.78 is 5.89. The maximum absolute atomic E-state index is 12.1. The summed E-state index contributed by atoms with van der Waals surface area (Å²) in [5.74, 6) is -0.955. The van der Waals surface area contributed by atoms with Crippen LogP contribution in [-0.4, -0.2) is 39.7 Å². The third kappa shape index (κ3) is 5.33. The van der Waals surface area contributed by atoms with Crippen molar-refractivity contribution in [3.63, 3.8) is 0 Å². The van der Waals surface area contributed by atoms with Crippen molar-refractivity contribution >= 4 is 11.9 Å². The predicted octanol–water partition coefficient (Wildman–Crippen LogP) is -0.467. The number of nitrogens with zero attached hydrogens (tertiary/aromatic N) is 1. The van der Waals surface area contributed by atoms with Crippen LogP contribution in [0.15, 0.2) is 46.1 Å². The summed E-state index contributed by atoms with van der Waals surface area (Å²) in [4.78, 5) is 48.7. The number of methoxy groups -OCH3 is 1. The molecule has 0 saturated heterocycles. The van der Waals surface area contributed by atoms with Crippen LogP contribution in [0, 0.1) is 0 Å². The number of aromatic amines is 1. The number of aryl methyl sites for hydroxylation is 1. The number of phenolic OH excluding ortho intramolecular Hbond substituents is 1. The first kappa shape index (κ1) is 19.0. The van der Waals surface area contributed by atoms with Crippen LogP contribution in [0.1, 0.15) is 12.0 Å². The van der Waals surface area contributed by atoms with Gasteiger partial charge in [0.2, 0.25) is 5.91 Å². The molecule has 9 nitrogen and oxygen atoms in total. The highest BCUT2D eigenvalue weighted by atomic mass is 16.5. The van der Waals surface area contributed by atoms with E-state index in [0.29, 0.717) is 0 Å². The summed E-state index contributed by atoms with van der Waals surface area (Å²) >= 11 is 0. The number of carbonyl (C=O) groups is 2. The van der Waals surface area contributed by atoms with Gasteiger partial charge in [-0.3, -0.25) is 14.6 Å². The lowest BCUT2D eigenvalue weighted by molar-refractivity contribution is -0.145. The van der Waals surface area contributed by atoms with Gasteiger partial charge in [0.15, 0.2) is 0 Å². The Morgan fingerprint density at radius 3 is 2.54 bits per heavy atom. The average Bonchev–Trinajstić information content (AvgIpc) is 2.61. The van der Waals surface area contributed by atoms with E-state index in [9.17, 15) is 24.3 Å². The topological polar surface area (TPSA) is 130 Å². The first-order valence-corrected chi connectivity index (χ1v) is 7.84. The van der Waals surface area contributed by atoms with Crippen molar-refractivity contribution in [1.29, 1.82) is 0 Å². The molecule has 1 amide bonds. The average molecular weight is 361 g/mol. The van der Waals surface area contributed by atoms with E-state index in [2.05, 4.69) is 10.3 Å². The highest BCUT2D eigenvalue weighted by Crippen LogP contribution is 2.12. The second-order valence-electron chi connectivity index (χ2n) is 5.57. The molecule has 0 bridgehead atoms. The van der Waals surface area contributed by atoms with Crippen molar-refractivity contribution in [2.45, 2.75) is 25.4 Å². The van der Waals surface area contributed by atoms with Crippen LogP contribution in [-0.2, 0) is 27.3 Å². The number of carbonyl (C=O) groups excluding carboxylic acids is 2. The molecule has 2 aromatic rings. The largest absolute Gasteiger partial charge is 0.508 e. The van der Waals surface area contributed by atoms with Crippen LogP contribution < -0.4 is 16.6 Å². The van der Waals surface area contributed by atoms with Crippen LogP contribution in [0.4, 0.5) is 0 Å². The van der Waals surface area contributed by atoms with Crippen molar-refractivity contribution in [3.8, 4) is 5.75 Å². The third-order valence-electron chi connectivity index (χ3n) is 3.67. The molecule has 1 aromatic carbocycles. The first-order chi connectivity index (χ1) is 12.4. The summed E-state index contributed by atoms with van der Waals surface area (Å²) in [6, 6.07) is 6.52. The number of benzene rings is 1. The zero-order valence-electron chi connectivity index (χ0n) is 14.1. The van der Waals surface area contributed by atoms with E-state index in [1.807, 2.05) is 0 Å². The molecule has 1 aromatic heterocycles. The Labute approximate surface area is 148 Å². The maximum Gasteiger partial charge on any atom is 0.328 e. The lowest BCUT2D eigenvalue weighted by Gasteiger charge is -2.17. The number of aromatic nitrogens is 2. The van der Waals surface area contributed by atoms with Gasteiger partial charge in [0.1, 0.15) is 11.8 Å². The number of hydrogen-bond donors (Lipinski definition) is 3. The predicted molar refractivity (Wildman–Crippen MR) is 91.7 cm³/mol. The minimum Gasteiger partial charge on any atom is -0.508 e. The van der Waals surface area contributed by atoms with E-state index in [0.717, 1.165) is 5.56 Å². The lowest BCUT2D eigenvalue weighted by atomic mass is 10.1. The molecule has 1 unspecified atom stereocenters. The molecule has 9 heteroatoms. The molecule has 0 radical (unpaired) electrons. The van der Waals surface area contributed by atoms with E-state index in [1.165, 1.54) is 36.1 Å². The summed E-state index contributed by atoms with van der Waals surface area (Å²) in [7, 11) is 1.22. The Balaban J connectivity index is 1.99. The van der Waals surface area contributed by atoms with Crippen LogP contribution >= 0.6 is 0 Å². The number of nitrogens with one attached hydrogen (secondary N) is 2. The van der Waals surface area contributed by atoms with Gasteiger partial charge in [-0.25, -0.2) is 9.59 Å². The molecule has 0 aliphatic rings. The second kappa shape index (κ2) is 8.65. The highest BCUT2D eigenvalue weighted by molar-refractivity contribution is 5.84. The molecule has 0 saturated carbocycles.